The van der Waals surface area contributed by atoms with E-state index in [-0.39, 0.29) is 5.82 Å². The number of ether oxygens (including phenoxy) is 1. The van der Waals surface area contributed by atoms with Crippen LogP contribution in [-0.2, 0) is 17.8 Å². The van der Waals surface area contributed by atoms with Crippen molar-refractivity contribution in [2.75, 3.05) is 26.2 Å². The fourth-order valence-corrected chi connectivity index (χ4v) is 2.84. The van der Waals surface area contributed by atoms with Crippen LogP contribution in [0.2, 0.25) is 0 Å². The third-order valence-electron chi connectivity index (χ3n) is 4.02. The summed E-state index contributed by atoms with van der Waals surface area (Å²) in [5.41, 5.74) is 1.96. The van der Waals surface area contributed by atoms with Crippen molar-refractivity contribution >= 4 is 0 Å². The van der Waals surface area contributed by atoms with Gasteiger partial charge in [-0.25, -0.2) is 4.39 Å². The van der Waals surface area contributed by atoms with Gasteiger partial charge in [-0.3, -0.25) is 4.90 Å². The molecule has 0 aliphatic carbocycles. The van der Waals surface area contributed by atoms with Gasteiger partial charge in [0.2, 0.25) is 0 Å². The maximum atomic E-state index is 14.0. The SMILES string of the molecule is CCNCc1ccc(F)c(CN2CCC(OCC)CC2)c1. The second-order valence-corrected chi connectivity index (χ2v) is 5.64. The topological polar surface area (TPSA) is 24.5 Å². The molecule has 1 aliphatic heterocycles. The van der Waals surface area contributed by atoms with Gasteiger partial charge in [-0.05, 0) is 37.9 Å². The Morgan fingerprint density at radius 2 is 2.05 bits per heavy atom. The Morgan fingerprint density at radius 1 is 1.29 bits per heavy atom. The first kappa shape index (κ1) is 16.4. The number of benzene rings is 1. The van der Waals surface area contributed by atoms with Crippen molar-refractivity contribution in [2.24, 2.45) is 0 Å². The van der Waals surface area contributed by atoms with E-state index in [1.54, 1.807) is 6.07 Å². The van der Waals surface area contributed by atoms with Crippen molar-refractivity contribution < 1.29 is 9.13 Å². The van der Waals surface area contributed by atoms with Crippen LogP contribution < -0.4 is 5.32 Å². The zero-order valence-electron chi connectivity index (χ0n) is 13.2. The van der Waals surface area contributed by atoms with Crippen molar-refractivity contribution in [1.29, 1.82) is 0 Å². The van der Waals surface area contributed by atoms with Gasteiger partial charge in [0.15, 0.2) is 0 Å². The highest BCUT2D eigenvalue weighted by Crippen LogP contribution is 2.18. The summed E-state index contributed by atoms with van der Waals surface area (Å²) >= 11 is 0. The number of rotatable bonds is 7. The zero-order chi connectivity index (χ0) is 15.1. The zero-order valence-corrected chi connectivity index (χ0v) is 13.2. The molecule has 1 N–H and O–H groups in total. The smallest absolute Gasteiger partial charge is 0.127 e. The molecule has 3 nitrogen and oxygen atoms in total. The van der Waals surface area contributed by atoms with Crippen molar-refractivity contribution in [3.8, 4) is 0 Å². The predicted molar refractivity (Wildman–Crippen MR) is 83.7 cm³/mol. The first-order valence-electron chi connectivity index (χ1n) is 8.05. The summed E-state index contributed by atoms with van der Waals surface area (Å²) in [7, 11) is 0. The van der Waals surface area contributed by atoms with Gasteiger partial charge in [0.1, 0.15) is 5.82 Å². The molecule has 4 heteroatoms. The highest BCUT2D eigenvalue weighted by molar-refractivity contribution is 5.25. The highest BCUT2D eigenvalue weighted by atomic mass is 19.1. The van der Waals surface area contributed by atoms with E-state index in [0.29, 0.717) is 12.6 Å². The molecular formula is C17H27FN2O. The molecule has 1 fully saturated rings. The molecule has 0 bridgehead atoms. The molecule has 1 aromatic carbocycles. The van der Waals surface area contributed by atoms with Crippen LogP contribution in [0, 0.1) is 5.82 Å². The Hall–Kier alpha value is -0.970. The van der Waals surface area contributed by atoms with E-state index in [1.807, 2.05) is 19.1 Å². The predicted octanol–water partition coefficient (Wildman–Crippen LogP) is 2.94. The maximum Gasteiger partial charge on any atom is 0.127 e. The van der Waals surface area contributed by atoms with Crippen molar-refractivity contribution in [2.45, 2.75) is 45.9 Å². The Balaban J connectivity index is 1.90. The Kier molecular flexibility index (Phi) is 6.61. The van der Waals surface area contributed by atoms with Gasteiger partial charge in [-0.15, -0.1) is 0 Å². The lowest BCUT2D eigenvalue weighted by atomic mass is 10.1. The Labute approximate surface area is 127 Å². The van der Waals surface area contributed by atoms with Crippen LogP contribution in [0.15, 0.2) is 18.2 Å². The molecule has 21 heavy (non-hydrogen) atoms. The quantitative estimate of drug-likeness (QED) is 0.837. The van der Waals surface area contributed by atoms with Gasteiger partial charge in [0.05, 0.1) is 6.10 Å². The lowest BCUT2D eigenvalue weighted by Gasteiger charge is -2.31. The minimum Gasteiger partial charge on any atom is -0.378 e. The number of piperidine rings is 1. The number of hydrogen-bond donors (Lipinski definition) is 1. The molecule has 0 atom stereocenters. The fraction of sp³-hybridized carbons (Fsp3) is 0.647. The average molecular weight is 294 g/mol. The van der Waals surface area contributed by atoms with E-state index in [2.05, 4.69) is 17.1 Å². The molecule has 1 aromatic rings. The summed E-state index contributed by atoms with van der Waals surface area (Å²) in [4.78, 5) is 2.32. The number of nitrogens with zero attached hydrogens (tertiary/aromatic N) is 1. The molecule has 0 unspecified atom stereocenters. The standard InChI is InChI=1S/C17H27FN2O/c1-3-19-12-14-5-6-17(18)15(11-14)13-20-9-7-16(8-10-20)21-4-2/h5-6,11,16,19H,3-4,7-10,12-13H2,1-2H3. The van der Waals surface area contributed by atoms with Crippen LogP contribution in [0.1, 0.15) is 37.8 Å². The van der Waals surface area contributed by atoms with Gasteiger partial charge in [0, 0.05) is 38.3 Å². The van der Waals surface area contributed by atoms with Gasteiger partial charge in [0.25, 0.3) is 0 Å². The molecule has 2 rings (SSSR count). The minimum atomic E-state index is -0.0952. The number of hydrogen-bond acceptors (Lipinski definition) is 3. The van der Waals surface area contributed by atoms with Crippen LogP contribution in [0.3, 0.4) is 0 Å². The molecule has 1 heterocycles. The van der Waals surface area contributed by atoms with Crippen LogP contribution >= 0.6 is 0 Å². The monoisotopic (exact) mass is 294 g/mol. The number of likely N-dealkylation sites (tertiary alicyclic amines) is 1. The molecule has 1 aliphatic rings. The summed E-state index contributed by atoms with van der Waals surface area (Å²) in [6, 6.07) is 5.45. The van der Waals surface area contributed by atoms with E-state index in [4.69, 9.17) is 4.74 Å². The largest absolute Gasteiger partial charge is 0.378 e. The minimum absolute atomic E-state index is 0.0952. The average Bonchev–Trinajstić information content (AvgIpc) is 2.50. The molecule has 0 spiro atoms. The molecule has 1 saturated heterocycles. The fourth-order valence-electron chi connectivity index (χ4n) is 2.84. The van der Waals surface area contributed by atoms with E-state index in [0.717, 1.165) is 56.8 Å². The lowest BCUT2D eigenvalue weighted by molar-refractivity contribution is 0.0123. The van der Waals surface area contributed by atoms with Crippen molar-refractivity contribution in [1.82, 2.24) is 10.2 Å². The normalized spacial score (nSPS) is 17.3. The summed E-state index contributed by atoms with van der Waals surface area (Å²) in [6.07, 6.45) is 2.48. The first-order valence-corrected chi connectivity index (χ1v) is 8.05. The van der Waals surface area contributed by atoms with Gasteiger partial charge in [-0.1, -0.05) is 19.1 Å². The summed E-state index contributed by atoms with van der Waals surface area (Å²) in [5, 5.41) is 3.28. The molecule has 0 amide bonds. The molecule has 0 saturated carbocycles. The highest BCUT2D eigenvalue weighted by Gasteiger charge is 2.20. The maximum absolute atomic E-state index is 14.0. The number of halogens is 1. The van der Waals surface area contributed by atoms with Gasteiger partial charge in [-0.2, -0.15) is 0 Å². The molecular weight excluding hydrogens is 267 g/mol. The van der Waals surface area contributed by atoms with E-state index in [9.17, 15) is 4.39 Å². The second kappa shape index (κ2) is 8.47. The Morgan fingerprint density at radius 3 is 2.71 bits per heavy atom. The van der Waals surface area contributed by atoms with Crippen molar-refractivity contribution in [3.63, 3.8) is 0 Å². The molecule has 0 radical (unpaired) electrons. The number of nitrogens with one attached hydrogen (secondary N) is 1. The van der Waals surface area contributed by atoms with E-state index < -0.39 is 0 Å². The van der Waals surface area contributed by atoms with E-state index in [1.165, 1.54) is 0 Å². The van der Waals surface area contributed by atoms with Crippen molar-refractivity contribution in [3.05, 3.63) is 35.1 Å². The van der Waals surface area contributed by atoms with Crippen LogP contribution in [0.25, 0.3) is 0 Å². The second-order valence-electron chi connectivity index (χ2n) is 5.64. The van der Waals surface area contributed by atoms with Gasteiger partial charge < -0.3 is 10.1 Å². The molecule has 0 aromatic heterocycles. The Bertz CT molecular complexity index is 431. The van der Waals surface area contributed by atoms with Crippen LogP contribution in [0.4, 0.5) is 4.39 Å². The lowest BCUT2D eigenvalue weighted by Crippen LogP contribution is -2.36. The molecule has 118 valence electrons. The summed E-state index contributed by atoms with van der Waals surface area (Å²) in [5.74, 6) is -0.0952. The van der Waals surface area contributed by atoms with E-state index >= 15 is 0 Å². The summed E-state index contributed by atoms with van der Waals surface area (Å²) < 4.78 is 19.6. The third kappa shape index (κ3) is 5.06. The third-order valence-corrected chi connectivity index (χ3v) is 4.02. The van der Waals surface area contributed by atoms with Crippen LogP contribution in [0.5, 0.6) is 0 Å². The van der Waals surface area contributed by atoms with Gasteiger partial charge >= 0.3 is 0 Å². The first-order chi connectivity index (χ1) is 10.2. The summed E-state index contributed by atoms with van der Waals surface area (Å²) in [6.45, 7) is 9.30. The van der Waals surface area contributed by atoms with Crippen LogP contribution in [-0.4, -0.2) is 37.2 Å².